The normalized spacial score (nSPS) is 10.1. The fourth-order valence-corrected chi connectivity index (χ4v) is 0.842. The van der Waals surface area contributed by atoms with Gasteiger partial charge in [-0.1, -0.05) is 18.2 Å². The van der Waals surface area contributed by atoms with Gasteiger partial charge in [-0.25, -0.2) is 4.79 Å². The van der Waals surface area contributed by atoms with Gasteiger partial charge >= 0.3 is 6.16 Å². The molecule has 0 aromatic carbocycles. The van der Waals surface area contributed by atoms with E-state index in [0.29, 0.717) is 6.61 Å². The lowest BCUT2D eigenvalue weighted by Crippen LogP contribution is -2.06. The molecule has 0 radical (unpaired) electrons. The van der Waals surface area contributed by atoms with Gasteiger partial charge in [-0.2, -0.15) is 0 Å². The molecule has 0 aliphatic heterocycles. The van der Waals surface area contributed by atoms with Crippen molar-refractivity contribution in [3.8, 4) is 0 Å². The smallest absolute Gasteiger partial charge is 0.435 e. The van der Waals surface area contributed by atoms with E-state index < -0.39 is 6.16 Å². The molecule has 3 nitrogen and oxygen atoms in total. The first-order valence-electron chi connectivity index (χ1n) is 4.86. The van der Waals surface area contributed by atoms with Crippen molar-refractivity contribution in [1.29, 1.82) is 0 Å². The van der Waals surface area contributed by atoms with E-state index in [-0.39, 0.29) is 6.61 Å². The highest BCUT2D eigenvalue weighted by atomic mass is 16.7. The molecule has 0 bridgehead atoms. The van der Waals surface area contributed by atoms with Crippen molar-refractivity contribution in [3.63, 3.8) is 0 Å². The van der Waals surface area contributed by atoms with Gasteiger partial charge in [-0.05, 0) is 26.2 Å². The first-order valence-corrected chi connectivity index (χ1v) is 4.86. The molecule has 0 N–H and O–H groups in total. The first kappa shape index (κ1) is 12.8. The summed E-state index contributed by atoms with van der Waals surface area (Å²) in [7, 11) is 0. The van der Waals surface area contributed by atoms with Crippen LogP contribution < -0.4 is 0 Å². The maximum absolute atomic E-state index is 10.7. The largest absolute Gasteiger partial charge is 0.508 e. The Morgan fingerprint density at radius 2 is 2.07 bits per heavy atom. The molecule has 0 amide bonds. The third kappa shape index (κ3) is 8.84. The van der Waals surface area contributed by atoms with E-state index in [1.54, 1.807) is 6.92 Å². The molecule has 0 unspecified atom stereocenters. The topological polar surface area (TPSA) is 35.5 Å². The molecule has 14 heavy (non-hydrogen) atoms. The van der Waals surface area contributed by atoms with Gasteiger partial charge in [-0.3, -0.25) is 0 Å². The Balaban J connectivity index is 3.25. The van der Waals surface area contributed by atoms with Gasteiger partial charge in [0.05, 0.1) is 6.61 Å². The highest BCUT2D eigenvalue weighted by Crippen LogP contribution is 1.96. The average molecular weight is 198 g/mol. The van der Waals surface area contributed by atoms with Crippen molar-refractivity contribution < 1.29 is 14.3 Å². The van der Waals surface area contributed by atoms with Crippen molar-refractivity contribution in [3.05, 3.63) is 24.8 Å². The zero-order valence-electron chi connectivity index (χ0n) is 8.70. The molecule has 80 valence electrons. The number of ether oxygens (including phenoxy) is 2. The molecule has 0 atom stereocenters. The molecule has 0 heterocycles. The summed E-state index contributed by atoms with van der Waals surface area (Å²) in [4.78, 5) is 10.7. The summed E-state index contributed by atoms with van der Waals surface area (Å²) >= 11 is 0. The van der Waals surface area contributed by atoms with Gasteiger partial charge in [0.25, 0.3) is 0 Å². The van der Waals surface area contributed by atoms with Gasteiger partial charge < -0.3 is 9.47 Å². The Kier molecular flexibility index (Phi) is 8.96. The van der Waals surface area contributed by atoms with Crippen LogP contribution in [0.4, 0.5) is 4.79 Å². The number of hydrogen-bond donors (Lipinski definition) is 0. The van der Waals surface area contributed by atoms with Gasteiger partial charge in [0.1, 0.15) is 6.61 Å². The number of allylic oxidation sites excluding steroid dienone is 2. The van der Waals surface area contributed by atoms with Gasteiger partial charge in [0.15, 0.2) is 0 Å². The van der Waals surface area contributed by atoms with E-state index in [9.17, 15) is 4.79 Å². The second-order valence-electron chi connectivity index (χ2n) is 2.69. The molecular weight excluding hydrogens is 180 g/mol. The summed E-state index contributed by atoms with van der Waals surface area (Å²) in [6.45, 7) is 6.00. The van der Waals surface area contributed by atoms with Crippen LogP contribution in [0.1, 0.15) is 26.2 Å². The number of rotatable bonds is 7. The van der Waals surface area contributed by atoms with Crippen molar-refractivity contribution in [2.45, 2.75) is 26.2 Å². The third-order valence-electron chi connectivity index (χ3n) is 1.51. The Labute approximate surface area is 85.4 Å². The van der Waals surface area contributed by atoms with Crippen molar-refractivity contribution in [2.75, 3.05) is 13.2 Å². The van der Waals surface area contributed by atoms with E-state index in [4.69, 9.17) is 4.74 Å². The van der Waals surface area contributed by atoms with Gasteiger partial charge in [0, 0.05) is 0 Å². The van der Waals surface area contributed by atoms with Crippen LogP contribution in [0.25, 0.3) is 0 Å². The molecule has 0 saturated heterocycles. The third-order valence-corrected chi connectivity index (χ3v) is 1.51. The molecule has 0 aliphatic rings. The summed E-state index contributed by atoms with van der Waals surface area (Å²) in [6.07, 6.45) is 8.18. The maximum Gasteiger partial charge on any atom is 0.508 e. The summed E-state index contributed by atoms with van der Waals surface area (Å²) in [5.41, 5.74) is 0. The van der Waals surface area contributed by atoms with Crippen LogP contribution in [0.3, 0.4) is 0 Å². The lowest BCUT2D eigenvalue weighted by atomic mass is 10.2. The average Bonchev–Trinajstić information content (AvgIpc) is 2.17. The predicted octanol–water partition coefficient (Wildman–Crippen LogP) is 3.07. The van der Waals surface area contributed by atoms with Crippen LogP contribution >= 0.6 is 0 Å². The Morgan fingerprint density at radius 3 is 2.71 bits per heavy atom. The van der Waals surface area contributed by atoms with Crippen LogP contribution in [-0.2, 0) is 9.47 Å². The summed E-state index contributed by atoms with van der Waals surface area (Å²) in [6, 6.07) is 0. The minimum atomic E-state index is -0.608. The van der Waals surface area contributed by atoms with Crippen molar-refractivity contribution >= 4 is 6.16 Å². The van der Waals surface area contributed by atoms with E-state index in [1.807, 2.05) is 18.2 Å². The zero-order valence-corrected chi connectivity index (χ0v) is 8.70. The van der Waals surface area contributed by atoms with E-state index in [1.165, 1.54) is 0 Å². The van der Waals surface area contributed by atoms with Gasteiger partial charge in [-0.15, -0.1) is 6.58 Å². The van der Waals surface area contributed by atoms with E-state index in [0.717, 1.165) is 19.3 Å². The van der Waals surface area contributed by atoms with Crippen molar-refractivity contribution in [1.82, 2.24) is 0 Å². The lowest BCUT2D eigenvalue weighted by molar-refractivity contribution is 0.0673. The van der Waals surface area contributed by atoms with Crippen LogP contribution in [0.2, 0.25) is 0 Å². The standard InChI is InChI=1S/C11H18O3/c1-3-5-6-7-8-9-10-14-11(12)13-4-2/h3,8-9H,1,4-7,10H2,2H3/b9-8+. The molecule has 0 aliphatic carbocycles. The van der Waals surface area contributed by atoms with E-state index >= 15 is 0 Å². The number of carbonyl (C=O) groups excluding carboxylic acids is 1. The SMILES string of the molecule is C=CCCC/C=C/COC(=O)OCC. The minimum absolute atomic E-state index is 0.285. The predicted molar refractivity (Wildman–Crippen MR) is 56.2 cm³/mol. The van der Waals surface area contributed by atoms with Crippen LogP contribution in [-0.4, -0.2) is 19.4 Å². The van der Waals surface area contributed by atoms with Crippen LogP contribution in [0.5, 0.6) is 0 Å². The second kappa shape index (κ2) is 9.84. The molecular formula is C11H18O3. The second-order valence-corrected chi connectivity index (χ2v) is 2.69. The first-order chi connectivity index (χ1) is 6.81. The molecule has 3 heteroatoms. The fraction of sp³-hybridized carbons (Fsp3) is 0.545. The van der Waals surface area contributed by atoms with Gasteiger partial charge in [0.2, 0.25) is 0 Å². The molecule has 0 aromatic heterocycles. The summed E-state index contributed by atoms with van der Waals surface area (Å²) in [5.74, 6) is 0. The zero-order chi connectivity index (χ0) is 10.6. The Morgan fingerprint density at radius 1 is 1.29 bits per heavy atom. The monoisotopic (exact) mass is 198 g/mol. The Hall–Kier alpha value is -1.25. The highest BCUT2D eigenvalue weighted by Gasteiger charge is 1.97. The van der Waals surface area contributed by atoms with Crippen LogP contribution in [0, 0.1) is 0 Å². The minimum Gasteiger partial charge on any atom is -0.435 e. The van der Waals surface area contributed by atoms with E-state index in [2.05, 4.69) is 11.3 Å². The fourth-order valence-electron chi connectivity index (χ4n) is 0.842. The number of unbranched alkanes of at least 4 members (excludes halogenated alkanes) is 2. The number of hydrogen-bond acceptors (Lipinski definition) is 3. The highest BCUT2D eigenvalue weighted by molar-refractivity contribution is 5.59. The Bertz CT molecular complexity index is 185. The molecule has 0 spiro atoms. The molecule has 0 aromatic rings. The summed E-state index contributed by atoms with van der Waals surface area (Å²) < 4.78 is 9.30. The van der Waals surface area contributed by atoms with Crippen LogP contribution in [0.15, 0.2) is 24.8 Å². The molecule has 0 saturated carbocycles. The van der Waals surface area contributed by atoms with Crippen molar-refractivity contribution in [2.24, 2.45) is 0 Å². The maximum atomic E-state index is 10.7. The lowest BCUT2D eigenvalue weighted by Gasteiger charge is -2.00. The molecule has 0 fully saturated rings. The number of carbonyl (C=O) groups is 1. The summed E-state index contributed by atoms with van der Waals surface area (Å²) in [5, 5.41) is 0. The molecule has 0 rings (SSSR count). The quantitative estimate of drug-likeness (QED) is 0.358.